The van der Waals surface area contributed by atoms with Crippen LogP contribution in [0.3, 0.4) is 0 Å². The van der Waals surface area contributed by atoms with Gasteiger partial charge in [-0.3, -0.25) is 0 Å². The maximum atomic E-state index is 13.8. The maximum Gasteiger partial charge on any atom is 0.130 e. The van der Waals surface area contributed by atoms with E-state index in [1.807, 2.05) is 13.0 Å². The van der Waals surface area contributed by atoms with Gasteiger partial charge in [-0.2, -0.15) is 0 Å². The second-order valence-electron chi connectivity index (χ2n) is 5.11. The molecule has 0 saturated heterocycles. The Labute approximate surface area is 93.3 Å². The molecule has 1 heteroatoms. The van der Waals surface area contributed by atoms with Crippen molar-refractivity contribution < 1.29 is 4.39 Å². The van der Waals surface area contributed by atoms with E-state index in [9.17, 15) is 4.39 Å². The maximum absolute atomic E-state index is 13.8. The monoisotopic (exact) mass is 210 g/mol. The molecule has 0 aromatic carbocycles. The summed E-state index contributed by atoms with van der Waals surface area (Å²) in [6.45, 7) is 9.12. The molecule has 1 aliphatic rings. The quantitative estimate of drug-likeness (QED) is 0.571. The Balaban J connectivity index is 2.43. The van der Waals surface area contributed by atoms with Crippen molar-refractivity contribution in [2.45, 2.75) is 58.5 Å². The fraction of sp³-hybridized carbons (Fsp3) is 0.714. The predicted octanol–water partition coefficient (Wildman–Crippen LogP) is 4.82. The van der Waals surface area contributed by atoms with E-state index in [0.717, 1.165) is 23.5 Å². The van der Waals surface area contributed by atoms with E-state index < -0.39 is 5.67 Å². The Bertz CT molecular complexity index is 251. The van der Waals surface area contributed by atoms with E-state index in [0.29, 0.717) is 0 Å². The van der Waals surface area contributed by atoms with Crippen LogP contribution in [0, 0.1) is 5.92 Å². The lowest BCUT2D eigenvalue weighted by Gasteiger charge is -2.27. The molecule has 1 rings (SSSR count). The van der Waals surface area contributed by atoms with Gasteiger partial charge in [-0.1, -0.05) is 31.9 Å². The minimum atomic E-state index is -1.24. The van der Waals surface area contributed by atoms with Crippen molar-refractivity contribution in [3.63, 3.8) is 0 Å². The number of halogens is 1. The fourth-order valence-corrected chi connectivity index (χ4v) is 2.26. The summed E-state index contributed by atoms with van der Waals surface area (Å²) in [5.41, 5.74) is 0.518. The Morgan fingerprint density at radius 2 is 2.07 bits per heavy atom. The van der Waals surface area contributed by atoms with E-state index >= 15 is 0 Å². The molecule has 0 aromatic heterocycles. The lowest BCUT2D eigenvalue weighted by Crippen LogP contribution is -2.18. The first kappa shape index (κ1) is 12.5. The number of rotatable bonds is 5. The van der Waals surface area contributed by atoms with Gasteiger partial charge in [0.05, 0.1) is 0 Å². The van der Waals surface area contributed by atoms with Crippen molar-refractivity contribution in [3.05, 3.63) is 23.8 Å². The molecule has 15 heavy (non-hydrogen) atoms. The zero-order chi connectivity index (χ0) is 11.5. The molecule has 0 bridgehead atoms. The van der Waals surface area contributed by atoms with Gasteiger partial charge in [-0.05, 0) is 50.7 Å². The SMILES string of the molecule is C=C(CCC1CCC1)/C(=C\C)C(C)(C)F. The third-order valence-electron chi connectivity index (χ3n) is 3.39. The van der Waals surface area contributed by atoms with Crippen LogP contribution in [0.4, 0.5) is 4.39 Å². The standard InChI is InChI=1S/C14H23F/c1-5-13(14(3,4)15)11(2)9-10-12-7-6-8-12/h5,12H,2,6-10H2,1,3-4H3/b13-5+. The van der Waals surface area contributed by atoms with Crippen LogP contribution >= 0.6 is 0 Å². The molecule has 0 spiro atoms. The van der Waals surface area contributed by atoms with Crippen molar-refractivity contribution in [2.24, 2.45) is 5.92 Å². The largest absolute Gasteiger partial charge is 0.239 e. The Morgan fingerprint density at radius 1 is 1.47 bits per heavy atom. The number of alkyl halides is 1. The highest BCUT2D eigenvalue weighted by Crippen LogP contribution is 2.34. The summed E-state index contributed by atoms with van der Waals surface area (Å²) in [4.78, 5) is 0. The molecule has 0 atom stereocenters. The zero-order valence-corrected chi connectivity index (χ0v) is 10.3. The fourth-order valence-electron chi connectivity index (χ4n) is 2.26. The lowest BCUT2D eigenvalue weighted by molar-refractivity contribution is 0.266. The van der Waals surface area contributed by atoms with Crippen LogP contribution < -0.4 is 0 Å². The van der Waals surface area contributed by atoms with Gasteiger partial charge in [-0.25, -0.2) is 4.39 Å². The summed E-state index contributed by atoms with van der Waals surface area (Å²) in [7, 11) is 0. The molecule has 1 fully saturated rings. The van der Waals surface area contributed by atoms with E-state index in [4.69, 9.17) is 0 Å². The Hall–Kier alpha value is -0.590. The Morgan fingerprint density at radius 3 is 2.40 bits per heavy atom. The van der Waals surface area contributed by atoms with Gasteiger partial charge < -0.3 is 0 Å². The van der Waals surface area contributed by atoms with Crippen molar-refractivity contribution in [2.75, 3.05) is 0 Å². The van der Waals surface area contributed by atoms with Gasteiger partial charge in [0, 0.05) is 0 Å². The smallest absolute Gasteiger partial charge is 0.130 e. The molecular formula is C14H23F. The van der Waals surface area contributed by atoms with Crippen molar-refractivity contribution in [1.82, 2.24) is 0 Å². The summed E-state index contributed by atoms with van der Waals surface area (Å²) >= 11 is 0. The van der Waals surface area contributed by atoms with Gasteiger partial charge in [0.1, 0.15) is 5.67 Å². The van der Waals surface area contributed by atoms with E-state index in [1.165, 1.54) is 25.7 Å². The summed E-state index contributed by atoms with van der Waals surface area (Å²) in [6.07, 6.45) is 8.10. The third-order valence-corrected chi connectivity index (χ3v) is 3.39. The predicted molar refractivity (Wildman–Crippen MR) is 64.7 cm³/mol. The van der Waals surface area contributed by atoms with E-state index in [2.05, 4.69) is 6.58 Å². The van der Waals surface area contributed by atoms with Crippen LogP contribution in [-0.2, 0) is 0 Å². The minimum absolute atomic E-state index is 0.779. The summed E-state index contributed by atoms with van der Waals surface area (Å²) < 4.78 is 13.8. The number of hydrogen-bond acceptors (Lipinski definition) is 0. The second kappa shape index (κ2) is 4.96. The van der Waals surface area contributed by atoms with Crippen LogP contribution in [0.25, 0.3) is 0 Å². The highest BCUT2D eigenvalue weighted by atomic mass is 19.1. The molecule has 1 saturated carbocycles. The molecule has 0 nitrogen and oxygen atoms in total. The van der Waals surface area contributed by atoms with Crippen molar-refractivity contribution in [3.8, 4) is 0 Å². The topological polar surface area (TPSA) is 0 Å². The van der Waals surface area contributed by atoms with Gasteiger partial charge in [-0.15, -0.1) is 0 Å². The normalized spacial score (nSPS) is 18.8. The van der Waals surface area contributed by atoms with Crippen molar-refractivity contribution in [1.29, 1.82) is 0 Å². The molecule has 0 radical (unpaired) electrons. The van der Waals surface area contributed by atoms with Crippen molar-refractivity contribution >= 4 is 0 Å². The van der Waals surface area contributed by atoms with Gasteiger partial charge >= 0.3 is 0 Å². The highest BCUT2D eigenvalue weighted by molar-refractivity contribution is 5.34. The molecule has 0 aromatic rings. The molecule has 0 aliphatic heterocycles. The first-order valence-electron chi connectivity index (χ1n) is 5.99. The summed E-state index contributed by atoms with van der Waals surface area (Å²) in [5.74, 6) is 0.877. The first-order valence-corrected chi connectivity index (χ1v) is 5.99. The molecule has 0 unspecified atom stereocenters. The number of allylic oxidation sites excluding steroid dienone is 3. The summed E-state index contributed by atoms with van der Waals surface area (Å²) in [5, 5.41) is 0. The average Bonchev–Trinajstić information content (AvgIpc) is 1.99. The molecule has 86 valence electrons. The van der Waals surface area contributed by atoms with Gasteiger partial charge in [0.2, 0.25) is 0 Å². The highest BCUT2D eigenvalue weighted by Gasteiger charge is 2.24. The average molecular weight is 210 g/mol. The molecule has 0 amide bonds. The zero-order valence-electron chi connectivity index (χ0n) is 10.3. The molecule has 0 heterocycles. The van der Waals surface area contributed by atoms with E-state index in [-0.39, 0.29) is 0 Å². The third kappa shape index (κ3) is 3.48. The Kier molecular flexibility index (Phi) is 4.12. The van der Waals surface area contributed by atoms with Crippen LogP contribution in [0.15, 0.2) is 23.8 Å². The first-order chi connectivity index (χ1) is 6.95. The molecular weight excluding hydrogens is 187 g/mol. The van der Waals surface area contributed by atoms with Crippen LogP contribution in [0.1, 0.15) is 52.9 Å². The van der Waals surface area contributed by atoms with Gasteiger partial charge in [0.15, 0.2) is 0 Å². The summed E-state index contributed by atoms with van der Waals surface area (Å²) in [6, 6.07) is 0. The van der Waals surface area contributed by atoms with Crippen LogP contribution in [0.2, 0.25) is 0 Å². The second-order valence-corrected chi connectivity index (χ2v) is 5.11. The van der Waals surface area contributed by atoms with Crippen LogP contribution in [0.5, 0.6) is 0 Å². The lowest BCUT2D eigenvalue weighted by atomic mass is 9.80. The number of hydrogen-bond donors (Lipinski definition) is 0. The molecule has 0 N–H and O–H groups in total. The van der Waals surface area contributed by atoms with Crippen LogP contribution in [-0.4, -0.2) is 5.67 Å². The van der Waals surface area contributed by atoms with Gasteiger partial charge in [0.25, 0.3) is 0 Å². The molecule has 1 aliphatic carbocycles. The minimum Gasteiger partial charge on any atom is -0.239 e. The van der Waals surface area contributed by atoms with E-state index in [1.54, 1.807) is 13.8 Å².